The average Bonchev–Trinajstić information content (AvgIpc) is 2.41. The molecule has 2 aliphatic rings. The van der Waals surface area contributed by atoms with Gasteiger partial charge in [0, 0.05) is 15.9 Å². The molecule has 3 rings (SSSR count). The molecule has 0 aromatic heterocycles. The lowest BCUT2D eigenvalue weighted by Crippen LogP contribution is -2.52. The number of rotatable bonds is 0. The first-order chi connectivity index (χ1) is 9.71. The number of ketones is 1. The molecular formula is C17H22O. The van der Waals surface area contributed by atoms with E-state index >= 15 is 0 Å². The monoisotopic (exact) mass is 245 g/mol. The largest absolute Gasteiger partial charge is 0.299 e. The summed E-state index contributed by atoms with van der Waals surface area (Å²) in [5.74, 6) is 0.111. The van der Waals surface area contributed by atoms with Gasteiger partial charge in [-0.15, -0.1) is 0 Å². The first kappa shape index (κ1) is 8.90. The van der Waals surface area contributed by atoms with E-state index in [0.29, 0.717) is 12.8 Å². The van der Waals surface area contributed by atoms with E-state index in [-0.39, 0.29) is 11.7 Å². The van der Waals surface area contributed by atoms with Gasteiger partial charge in [0.25, 0.3) is 0 Å². The van der Waals surface area contributed by atoms with Crippen LogP contribution in [0.25, 0.3) is 0 Å². The lowest BCUT2D eigenvalue weighted by molar-refractivity contribution is -0.137. The molecule has 1 saturated carbocycles. The van der Waals surface area contributed by atoms with Crippen molar-refractivity contribution < 1.29 is 8.91 Å². The summed E-state index contributed by atoms with van der Waals surface area (Å²) in [6.07, 6.45) is 2.48. The first-order valence-corrected chi connectivity index (χ1v) is 6.83. The van der Waals surface area contributed by atoms with E-state index in [2.05, 4.69) is 0 Å². The Bertz CT molecular complexity index is 588. The Morgan fingerprint density at radius 3 is 2.83 bits per heavy atom. The fraction of sp³-hybridized carbons (Fsp3) is 0.588. The molecule has 1 aromatic carbocycles. The highest BCUT2D eigenvalue weighted by molar-refractivity contribution is 5.86. The summed E-state index contributed by atoms with van der Waals surface area (Å²) in [5.41, 5.74) is 0.691. The Labute approximate surface area is 114 Å². The van der Waals surface area contributed by atoms with E-state index in [9.17, 15) is 4.79 Å². The van der Waals surface area contributed by atoms with Crippen molar-refractivity contribution in [2.45, 2.75) is 51.8 Å². The van der Waals surface area contributed by atoms with Crippen molar-refractivity contribution in [3.63, 3.8) is 0 Å². The average molecular weight is 245 g/mol. The van der Waals surface area contributed by atoms with E-state index < -0.39 is 17.7 Å². The molecule has 2 aliphatic carbocycles. The summed E-state index contributed by atoms with van der Waals surface area (Å²) in [4.78, 5) is 12.4. The highest BCUT2D eigenvalue weighted by Crippen LogP contribution is 2.55. The minimum Gasteiger partial charge on any atom is -0.299 e. The molecule has 0 unspecified atom stereocenters. The maximum Gasteiger partial charge on any atom is 0.138 e. The molecule has 1 heteroatoms. The zero-order valence-electron chi connectivity index (χ0n) is 14.1. The molecule has 96 valence electrons. The van der Waals surface area contributed by atoms with E-state index in [0.717, 1.165) is 24.0 Å². The fourth-order valence-corrected chi connectivity index (χ4v) is 4.02. The topological polar surface area (TPSA) is 17.1 Å². The third kappa shape index (κ3) is 1.43. The number of hydrogen-bond acceptors (Lipinski definition) is 1. The summed E-state index contributed by atoms with van der Waals surface area (Å²) in [6, 6.07) is 7.92. The van der Waals surface area contributed by atoms with Crippen LogP contribution in [-0.2, 0) is 16.6 Å². The third-order valence-corrected chi connectivity index (χ3v) is 5.13. The lowest BCUT2D eigenvalue weighted by atomic mass is 9.50. The SMILES string of the molecule is [2H]C([2H])([2H])[C@@]12CCC(=O)C(C)(C)[C@H]1CCc1ccccc12. The van der Waals surface area contributed by atoms with Crippen LogP contribution < -0.4 is 0 Å². The van der Waals surface area contributed by atoms with Gasteiger partial charge < -0.3 is 0 Å². The molecule has 0 saturated heterocycles. The summed E-state index contributed by atoms with van der Waals surface area (Å²) in [5, 5.41) is 0. The van der Waals surface area contributed by atoms with Crippen molar-refractivity contribution >= 4 is 5.78 Å². The summed E-state index contributed by atoms with van der Waals surface area (Å²) in [6.45, 7) is 1.80. The summed E-state index contributed by atoms with van der Waals surface area (Å²) < 4.78 is 24.7. The second kappa shape index (κ2) is 3.69. The van der Waals surface area contributed by atoms with E-state index in [1.165, 1.54) is 0 Å². The lowest BCUT2D eigenvalue weighted by Gasteiger charge is -2.53. The molecule has 0 aliphatic heterocycles. The van der Waals surface area contributed by atoms with Gasteiger partial charge in [-0.3, -0.25) is 4.79 Å². The molecule has 0 amide bonds. The van der Waals surface area contributed by atoms with Crippen LogP contribution in [0.1, 0.15) is 55.2 Å². The van der Waals surface area contributed by atoms with Crippen molar-refractivity contribution in [3.05, 3.63) is 35.4 Å². The molecule has 1 aromatic rings. The van der Waals surface area contributed by atoms with Crippen LogP contribution in [-0.4, -0.2) is 5.78 Å². The number of Topliss-reactive ketones (excluding diaryl/α,β-unsaturated/α-hetero) is 1. The zero-order valence-corrected chi connectivity index (χ0v) is 11.1. The number of benzene rings is 1. The minimum atomic E-state index is -2.08. The maximum atomic E-state index is 12.4. The number of hydrogen-bond donors (Lipinski definition) is 0. The molecule has 0 heterocycles. The van der Waals surface area contributed by atoms with Crippen LogP contribution in [0.15, 0.2) is 24.3 Å². The van der Waals surface area contributed by atoms with Crippen LogP contribution in [0, 0.1) is 11.3 Å². The summed E-state index contributed by atoms with van der Waals surface area (Å²) >= 11 is 0. The van der Waals surface area contributed by atoms with Gasteiger partial charge in [0.1, 0.15) is 5.78 Å². The quantitative estimate of drug-likeness (QED) is 0.677. The smallest absolute Gasteiger partial charge is 0.138 e. The van der Waals surface area contributed by atoms with Gasteiger partial charge in [-0.1, -0.05) is 45.0 Å². The van der Waals surface area contributed by atoms with Crippen molar-refractivity contribution in [2.24, 2.45) is 11.3 Å². The summed E-state index contributed by atoms with van der Waals surface area (Å²) in [7, 11) is 0. The van der Waals surface area contributed by atoms with Crippen LogP contribution in [0.3, 0.4) is 0 Å². The molecule has 2 atom stereocenters. The molecule has 0 bridgehead atoms. The van der Waals surface area contributed by atoms with Crippen LogP contribution in [0.4, 0.5) is 0 Å². The molecule has 0 N–H and O–H groups in total. The van der Waals surface area contributed by atoms with Crippen molar-refractivity contribution in [1.29, 1.82) is 0 Å². The fourth-order valence-electron chi connectivity index (χ4n) is 4.02. The second-order valence-corrected chi connectivity index (χ2v) is 6.36. The van der Waals surface area contributed by atoms with Crippen LogP contribution in [0.5, 0.6) is 0 Å². The number of carbonyl (C=O) groups excluding carboxylic acids is 1. The van der Waals surface area contributed by atoms with Gasteiger partial charge in [-0.25, -0.2) is 0 Å². The standard InChI is InChI=1S/C17H22O/c1-16(2)14-9-8-12-6-4-5-7-13(12)17(14,3)11-10-15(16)18/h4-7,14H,8-11H2,1-3H3/t14-,17+/m1/s1/i3D3. The minimum absolute atomic E-state index is 0.103. The Hall–Kier alpha value is -1.11. The van der Waals surface area contributed by atoms with Gasteiger partial charge in [0.15, 0.2) is 0 Å². The third-order valence-electron chi connectivity index (χ3n) is 5.13. The molecular weight excluding hydrogens is 220 g/mol. The first-order valence-electron chi connectivity index (χ1n) is 8.33. The molecule has 18 heavy (non-hydrogen) atoms. The Balaban J connectivity index is 2.26. The van der Waals surface area contributed by atoms with E-state index in [4.69, 9.17) is 4.11 Å². The maximum absolute atomic E-state index is 12.4. The van der Waals surface area contributed by atoms with Crippen molar-refractivity contribution in [3.8, 4) is 0 Å². The van der Waals surface area contributed by atoms with E-state index in [1.807, 2.05) is 38.1 Å². The Morgan fingerprint density at radius 1 is 1.28 bits per heavy atom. The van der Waals surface area contributed by atoms with Gasteiger partial charge in [-0.2, -0.15) is 0 Å². The highest BCUT2D eigenvalue weighted by atomic mass is 16.1. The number of fused-ring (bicyclic) bond motifs is 3. The van der Waals surface area contributed by atoms with Gasteiger partial charge in [0.2, 0.25) is 0 Å². The van der Waals surface area contributed by atoms with Crippen molar-refractivity contribution in [1.82, 2.24) is 0 Å². The van der Waals surface area contributed by atoms with Gasteiger partial charge in [-0.05, 0) is 41.7 Å². The second-order valence-electron chi connectivity index (χ2n) is 6.36. The predicted octanol–water partition coefficient (Wildman–Crippen LogP) is 3.90. The predicted molar refractivity (Wildman–Crippen MR) is 73.6 cm³/mol. The molecule has 0 radical (unpaired) electrons. The van der Waals surface area contributed by atoms with Crippen LogP contribution >= 0.6 is 0 Å². The van der Waals surface area contributed by atoms with Crippen LogP contribution in [0.2, 0.25) is 0 Å². The molecule has 0 spiro atoms. The van der Waals surface area contributed by atoms with E-state index in [1.54, 1.807) is 0 Å². The normalized spacial score (nSPS) is 36.9. The Morgan fingerprint density at radius 2 is 2.06 bits per heavy atom. The van der Waals surface area contributed by atoms with Gasteiger partial charge in [0.05, 0.1) is 0 Å². The zero-order chi connectivity index (χ0) is 15.5. The van der Waals surface area contributed by atoms with Crippen molar-refractivity contribution in [2.75, 3.05) is 0 Å². The number of carbonyl (C=O) groups is 1. The van der Waals surface area contributed by atoms with Gasteiger partial charge >= 0.3 is 0 Å². The highest BCUT2D eigenvalue weighted by Gasteiger charge is 2.53. The Kier molecular flexibility index (Phi) is 1.83. The number of aryl methyl sites for hydroxylation is 1. The molecule has 1 fully saturated rings. The molecule has 1 nitrogen and oxygen atoms in total.